The first-order chi connectivity index (χ1) is 41.1. The van der Waals surface area contributed by atoms with Crippen LogP contribution in [0.3, 0.4) is 0 Å². The summed E-state index contributed by atoms with van der Waals surface area (Å²) in [4.78, 5) is 18.4. The molecule has 5 aromatic carbocycles. The van der Waals surface area contributed by atoms with Gasteiger partial charge in [-0.2, -0.15) is 0 Å². The van der Waals surface area contributed by atoms with Crippen molar-refractivity contribution in [3.63, 3.8) is 0 Å². The van der Waals surface area contributed by atoms with Crippen LogP contribution in [0.2, 0.25) is 0 Å². The van der Waals surface area contributed by atoms with Gasteiger partial charge in [-0.15, -0.1) is 0 Å². The van der Waals surface area contributed by atoms with Gasteiger partial charge in [0.05, 0.1) is 45.2 Å². The number of pyridine rings is 4. The van der Waals surface area contributed by atoms with Crippen molar-refractivity contribution >= 4 is 31.9 Å². The summed E-state index contributed by atoms with van der Waals surface area (Å²) in [5.74, 6) is 0. The van der Waals surface area contributed by atoms with Gasteiger partial charge in [0, 0.05) is 73.3 Å². The van der Waals surface area contributed by atoms with Crippen LogP contribution >= 0.6 is 31.9 Å². The van der Waals surface area contributed by atoms with Crippen LogP contribution in [-0.2, 0) is 60.3 Å². The Hall–Kier alpha value is -6.66. The third kappa shape index (κ3) is 12.9. The maximum Gasteiger partial charge on any atom is 0.147 e. The maximum atomic E-state index is 6.67. The smallest absolute Gasteiger partial charge is 0.147 e. The number of halogens is 2. The molecule has 12 nitrogen and oxygen atoms in total. The van der Waals surface area contributed by atoms with Gasteiger partial charge in [0.15, 0.2) is 0 Å². The molecule has 0 bridgehead atoms. The Kier molecular flexibility index (Phi) is 18.8. The highest BCUT2D eigenvalue weighted by atomic mass is 79.9. The molecule has 0 amide bonds. The number of benzene rings is 5. The van der Waals surface area contributed by atoms with E-state index in [0.29, 0.717) is 0 Å². The van der Waals surface area contributed by atoms with E-state index in [4.69, 9.17) is 47.9 Å². The fourth-order valence-electron chi connectivity index (χ4n) is 12.1. The molecule has 430 valence electrons. The molecule has 0 spiro atoms. The molecule has 2 aliphatic carbocycles. The SMILES string of the molecule is COCOC1(c2ccc(-c3ccc(-c4ccc(C5(OCOC)CCC(OCOC)(c6ccc(-c7ccc(-c8ccc(Br)cn8)nc7)cc6)CC5)cc4)cc3)cc2)CCC(OCOC)(c2ccc(-c3ccc(-c4ccc(Br)cn4)nc3)cc2)CC1. The molecular weight excluding hydrogens is 1180 g/mol. The molecule has 2 aliphatic rings. The largest absolute Gasteiger partial charge is 0.359 e. The van der Waals surface area contributed by atoms with Gasteiger partial charge in [-0.05, 0) is 175 Å². The summed E-state index contributed by atoms with van der Waals surface area (Å²) in [5, 5.41) is 0. The van der Waals surface area contributed by atoms with Gasteiger partial charge in [0.25, 0.3) is 0 Å². The quantitative estimate of drug-likeness (QED) is 0.0600. The minimum Gasteiger partial charge on any atom is -0.359 e. The number of hydrogen-bond acceptors (Lipinski definition) is 12. The highest BCUT2D eigenvalue weighted by Gasteiger charge is 2.48. The molecule has 11 rings (SSSR count). The van der Waals surface area contributed by atoms with Crippen molar-refractivity contribution < 1.29 is 37.9 Å². The van der Waals surface area contributed by atoms with Crippen molar-refractivity contribution in [2.75, 3.05) is 55.6 Å². The highest BCUT2D eigenvalue weighted by molar-refractivity contribution is 9.10. The van der Waals surface area contributed by atoms with Crippen LogP contribution in [0.25, 0.3) is 67.3 Å². The molecule has 0 unspecified atom stereocenters. The summed E-state index contributed by atoms with van der Waals surface area (Å²) < 4.78 is 50.6. The van der Waals surface area contributed by atoms with Gasteiger partial charge >= 0.3 is 0 Å². The van der Waals surface area contributed by atoms with Gasteiger partial charge in [0.2, 0.25) is 0 Å². The zero-order chi connectivity index (χ0) is 58.0. The lowest BCUT2D eigenvalue weighted by Crippen LogP contribution is -2.43. The molecule has 0 saturated heterocycles. The van der Waals surface area contributed by atoms with Crippen molar-refractivity contribution in [1.82, 2.24) is 19.9 Å². The first kappa shape index (κ1) is 59.1. The third-order valence-electron chi connectivity index (χ3n) is 16.9. The van der Waals surface area contributed by atoms with Crippen LogP contribution in [0.1, 0.15) is 73.6 Å². The zero-order valence-electron chi connectivity index (χ0n) is 47.8. The molecule has 0 atom stereocenters. The fraction of sp³-hybridized carbons (Fsp3) is 0.286. The van der Waals surface area contributed by atoms with E-state index >= 15 is 0 Å². The Morgan fingerprint density at radius 2 is 0.476 bits per heavy atom. The van der Waals surface area contributed by atoms with Crippen LogP contribution in [0, 0.1) is 0 Å². The second-order valence-corrected chi connectivity index (χ2v) is 23.5. The molecule has 14 heteroatoms. The van der Waals surface area contributed by atoms with Gasteiger partial charge < -0.3 is 37.9 Å². The summed E-state index contributed by atoms with van der Waals surface area (Å²) in [6.45, 7) is 0.724. The summed E-state index contributed by atoms with van der Waals surface area (Å²) in [5.41, 5.74) is 14.2. The van der Waals surface area contributed by atoms with E-state index in [9.17, 15) is 0 Å². The molecule has 84 heavy (non-hydrogen) atoms. The molecule has 0 N–H and O–H groups in total. The topological polar surface area (TPSA) is 125 Å². The number of hydrogen-bond donors (Lipinski definition) is 0. The van der Waals surface area contributed by atoms with Crippen molar-refractivity contribution in [1.29, 1.82) is 0 Å². The lowest BCUT2D eigenvalue weighted by atomic mass is 9.70. The molecule has 2 fully saturated rings. The Bertz CT molecular complexity index is 3300. The zero-order valence-corrected chi connectivity index (χ0v) is 50.9. The fourth-order valence-corrected chi connectivity index (χ4v) is 12.5. The predicted molar refractivity (Wildman–Crippen MR) is 334 cm³/mol. The number of nitrogens with zero attached hydrogens (tertiary/aromatic N) is 4. The minimum absolute atomic E-state index is 0.180. The van der Waals surface area contributed by atoms with Gasteiger partial charge in [-0.3, -0.25) is 19.9 Å². The van der Waals surface area contributed by atoms with Gasteiger partial charge in [0.1, 0.15) is 27.2 Å². The number of ether oxygens (including phenoxy) is 8. The lowest BCUT2D eigenvalue weighted by molar-refractivity contribution is -0.203. The lowest BCUT2D eigenvalue weighted by Gasteiger charge is -2.46. The van der Waals surface area contributed by atoms with Crippen molar-refractivity contribution in [3.8, 4) is 67.3 Å². The minimum atomic E-state index is -0.563. The van der Waals surface area contributed by atoms with Crippen LogP contribution in [-0.4, -0.2) is 75.5 Å². The Morgan fingerprint density at radius 1 is 0.274 bits per heavy atom. The number of methoxy groups -OCH3 is 4. The van der Waals surface area contributed by atoms with Crippen molar-refractivity contribution in [2.24, 2.45) is 0 Å². The van der Waals surface area contributed by atoms with E-state index in [2.05, 4.69) is 175 Å². The summed E-state index contributed by atoms with van der Waals surface area (Å²) in [7, 11) is 6.68. The average molecular weight is 1250 g/mol. The van der Waals surface area contributed by atoms with Crippen molar-refractivity contribution in [2.45, 2.75) is 73.8 Å². The Balaban J connectivity index is 0.748. The van der Waals surface area contributed by atoms with Gasteiger partial charge in [-0.25, -0.2) is 0 Å². The van der Waals surface area contributed by atoms with E-state index in [1.165, 1.54) is 0 Å². The van der Waals surface area contributed by atoms with Crippen LogP contribution in [0.5, 0.6) is 0 Å². The van der Waals surface area contributed by atoms with Crippen LogP contribution in [0.4, 0.5) is 0 Å². The summed E-state index contributed by atoms with van der Waals surface area (Å²) in [6.07, 6.45) is 13.2. The van der Waals surface area contributed by atoms with Gasteiger partial charge in [-0.1, -0.05) is 133 Å². The van der Waals surface area contributed by atoms with E-state index < -0.39 is 22.4 Å². The molecule has 0 radical (unpaired) electrons. The first-order valence-corrected chi connectivity index (χ1v) is 29.9. The molecule has 4 aromatic heterocycles. The molecule has 0 aliphatic heterocycles. The first-order valence-electron chi connectivity index (χ1n) is 28.3. The second kappa shape index (κ2) is 26.7. The maximum absolute atomic E-state index is 6.67. The van der Waals surface area contributed by atoms with E-state index in [0.717, 1.165) is 150 Å². The molecular formula is C70H68Br2N4O8. The second-order valence-electron chi connectivity index (χ2n) is 21.7. The van der Waals surface area contributed by atoms with Crippen molar-refractivity contribution in [3.05, 3.63) is 226 Å². The summed E-state index contributed by atoms with van der Waals surface area (Å²) in [6, 6.07) is 59.8. The van der Waals surface area contributed by atoms with E-state index in [1.54, 1.807) is 40.8 Å². The monoisotopic (exact) mass is 1250 g/mol. The standard InChI is InChI=1S/C70H68Br2N4O8/c1-77-45-81-67(33-37-69(38-34-67,83-47-79-3)59-23-13-53(14-24-59)55-17-29-63(73-41-55)65-31-27-61(71)43-75-65)57-19-9-51(10-20-57)49-5-7-50(8-6-49)52-11-21-58(22-12-52)68(82-46-78-2)35-39-70(40-36-68,84-48-80-4)60-25-15-54(16-26-60)56-18-30-64(74-42-56)66-32-28-62(72)44-76-66/h5-32,41-44H,33-40,45-48H2,1-4H3. The predicted octanol–water partition coefficient (Wildman–Crippen LogP) is 16.6. The third-order valence-corrected chi connectivity index (χ3v) is 17.8. The highest BCUT2D eigenvalue weighted by Crippen LogP contribution is 2.52. The molecule has 4 heterocycles. The Morgan fingerprint density at radius 3 is 0.679 bits per heavy atom. The summed E-state index contributed by atoms with van der Waals surface area (Å²) >= 11 is 6.93. The van der Waals surface area contributed by atoms with E-state index in [1.807, 2.05) is 48.8 Å². The molecule has 2 saturated carbocycles. The normalized spacial score (nSPS) is 20.6. The number of aromatic nitrogens is 4. The van der Waals surface area contributed by atoms with Crippen LogP contribution < -0.4 is 0 Å². The molecule has 9 aromatic rings. The van der Waals surface area contributed by atoms with E-state index in [-0.39, 0.29) is 27.2 Å². The van der Waals surface area contributed by atoms with Crippen LogP contribution in [0.15, 0.2) is 204 Å². The number of rotatable bonds is 22. The Labute approximate surface area is 509 Å². The average Bonchev–Trinajstić information content (AvgIpc) is 1.95.